The van der Waals surface area contributed by atoms with Gasteiger partial charge in [0.15, 0.2) is 0 Å². The van der Waals surface area contributed by atoms with Gasteiger partial charge in [0.25, 0.3) is 0 Å². The fourth-order valence-corrected chi connectivity index (χ4v) is 1.90. The van der Waals surface area contributed by atoms with Crippen LogP contribution in [0.5, 0.6) is 0 Å². The second-order valence-electron chi connectivity index (χ2n) is 4.76. The summed E-state index contributed by atoms with van der Waals surface area (Å²) in [5, 5.41) is 14.4. The van der Waals surface area contributed by atoms with Crippen LogP contribution in [-0.2, 0) is 16.0 Å². The van der Waals surface area contributed by atoms with Crippen molar-refractivity contribution >= 4 is 12.0 Å². The van der Waals surface area contributed by atoms with E-state index >= 15 is 0 Å². The molecular weight excluding hydrogens is 272 g/mol. The number of carbonyl (C=O) groups excluding carboxylic acids is 1. The lowest BCUT2D eigenvalue weighted by molar-refractivity contribution is -0.139. The summed E-state index contributed by atoms with van der Waals surface area (Å²) in [4.78, 5) is 23.1. The summed E-state index contributed by atoms with van der Waals surface area (Å²) >= 11 is 0. The average molecular weight is 294 g/mol. The monoisotopic (exact) mass is 294 g/mol. The van der Waals surface area contributed by atoms with Crippen LogP contribution in [0.15, 0.2) is 30.3 Å². The van der Waals surface area contributed by atoms with Gasteiger partial charge in [-0.3, -0.25) is 0 Å². The lowest BCUT2D eigenvalue weighted by Gasteiger charge is -2.19. The molecule has 116 valence electrons. The van der Waals surface area contributed by atoms with Crippen molar-refractivity contribution in [3.05, 3.63) is 35.9 Å². The van der Waals surface area contributed by atoms with E-state index in [4.69, 9.17) is 4.74 Å². The highest BCUT2D eigenvalue weighted by atomic mass is 16.5. The topological polar surface area (TPSA) is 87.7 Å². The molecule has 1 aromatic carbocycles. The number of carbonyl (C=O) groups is 2. The molecule has 1 rings (SSSR count). The lowest BCUT2D eigenvalue weighted by atomic mass is 10.1. The molecule has 1 aromatic rings. The van der Waals surface area contributed by atoms with Crippen molar-refractivity contribution in [1.29, 1.82) is 0 Å². The first-order valence-corrected chi connectivity index (χ1v) is 6.89. The fourth-order valence-electron chi connectivity index (χ4n) is 1.90. The summed E-state index contributed by atoms with van der Waals surface area (Å²) in [6.07, 6.45) is 0.947. The Kier molecular flexibility index (Phi) is 7.25. The van der Waals surface area contributed by atoms with E-state index in [1.165, 1.54) is 0 Å². The van der Waals surface area contributed by atoms with Crippen LogP contribution < -0.4 is 10.6 Å². The molecule has 0 aliphatic carbocycles. The van der Waals surface area contributed by atoms with E-state index in [2.05, 4.69) is 10.6 Å². The Bertz CT molecular complexity index is 450. The Balaban J connectivity index is 2.58. The second kappa shape index (κ2) is 8.97. The molecule has 0 saturated heterocycles. The van der Waals surface area contributed by atoms with Gasteiger partial charge in [-0.15, -0.1) is 0 Å². The number of carboxylic acid groups (broad SMARTS) is 1. The second-order valence-corrected chi connectivity index (χ2v) is 4.76. The zero-order valence-corrected chi connectivity index (χ0v) is 12.3. The highest BCUT2D eigenvalue weighted by Crippen LogP contribution is 2.03. The number of amides is 2. The predicted molar refractivity (Wildman–Crippen MR) is 79.2 cm³/mol. The molecule has 3 N–H and O–H groups in total. The van der Waals surface area contributed by atoms with Gasteiger partial charge in [-0.05, 0) is 12.0 Å². The van der Waals surface area contributed by atoms with Crippen LogP contribution in [0.1, 0.15) is 18.9 Å². The third kappa shape index (κ3) is 6.27. The molecule has 0 radical (unpaired) electrons. The molecule has 0 aromatic heterocycles. The van der Waals surface area contributed by atoms with Gasteiger partial charge in [-0.2, -0.15) is 0 Å². The van der Waals surface area contributed by atoms with Crippen molar-refractivity contribution in [3.63, 3.8) is 0 Å². The first kappa shape index (κ1) is 17.0. The van der Waals surface area contributed by atoms with Crippen LogP contribution in [0.2, 0.25) is 0 Å². The van der Waals surface area contributed by atoms with Gasteiger partial charge in [0.1, 0.15) is 6.04 Å². The molecule has 6 heteroatoms. The Labute approximate surface area is 124 Å². The number of rotatable bonds is 8. The number of nitrogens with one attached hydrogen (secondary N) is 2. The minimum atomic E-state index is -1.06. The summed E-state index contributed by atoms with van der Waals surface area (Å²) in [7, 11) is 1.55. The molecule has 0 fully saturated rings. The molecule has 2 amide bonds. The average Bonchev–Trinajstić information content (AvgIpc) is 2.47. The molecule has 0 bridgehead atoms. The number of urea groups is 1. The summed E-state index contributed by atoms with van der Waals surface area (Å²) in [5.74, 6) is -1.06. The van der Waals surface area contributed by atoms with Gasteiger partial charge in [0, 0.05) is 13.5 Å². The molecule has 2 unspecified atom stereocenters. The van der Waals surface area contributed by atoms with E-state index in [1.807, 2.05) is 37.3 Å². The zero-order valence-electron chi connectivity index (χ0n) is 12.3. The molecule has 0 aliphatic heterocycles. The summed E-state index contributed by atoms with van der Waals surface area (Å²) in [5.41, 5.74) is 0.856. The first-order chi connectivity index (χ1) is 10.1. The molecule has 0 saturated carbocycles. The van der Waals surface area contributed by atoms with E-state index in [9.17, 15) is 14.7 Å². The number of methoxy groups -OCH3 is 1. The van der Waals surface area contributed by atoms with Crippen molar-refractivity contribution in [2.24, 2.45) is 0 Å². The summed E-state index contributed by atoms with van der Waals surface area (Å²) < 4.78 is 4.99. The third-order valence-electron chi connectivity index (χ3n) is 3.08. The van der Waals surface area contributed by atoms with E-state index < -0.39 is 18.0 Å². The molecule has 0 heterocycles. The highest BCUT2D eigenvalue weighted by molar-refractivity contribution is 5.82. The van der Waals surface area contributed by atoms with Crippen LogP contribution in [0.3, 0.4) is 0 Å². The van der Waals surface area contributed by atoms with Crippen LogP contribution >= 0.6 is 0 Å². The zero-order chi connectivity index (χ0) is 15.7. The number of carboxylic acids is 1. The van der Waals surface area contributed by atoms with Gasteiger partial charge in [0.2, 0.25) is 0 Å². The van der Waals surface area contributed by atoms with Gasteiger partial charge in [-0.1, -0.05) is 37.3 Å². The number of benzene rings is 1. The quantitative estimate of drug-likeness (QED) is 0.676. The number of hydrogen-bond acceptors (Lipinski definition) is 3. The standard InChI is InChI=1S/C15H22N2O4/c1-3-12(10-21-2)16-15(20)17-13(14(18)19)9-11-7-5-4-6-8-11/h4-8,12-13H,3,9-10H2,1-2H3,(H,18,19)(H2,16,17,20). The number of ether oxygens (including phenoxy) is 1. The van der Waals surface area contributed by atoms with Gasteiger partial charge >= 0.3 is 12.0 Å². The van der Waals surface area contributed by atoms with Crippen molar-refractivity contribution in [2.75, 3.05) is 13.7 Å². The summed E-state index contributed by atoms with van der Waals surface area (Å²) in [6.45, 7) is 2.31. The lowest BCUT2D eigenvalue weighted by Crippen LogP contribution is -2.50. The van der Waals surface area contributed by atoms with E-state index in [-0.39, 0.29) is 12.5 Å². The Morgan fingerprint density at radius 2 is 1.90 bits per heavy atom. The van der Waals surface area contributed by atoms with Crippen molar-refractivity contribution in [1.82, 2.24) is 10.6 Å². The predicted octanol–water partition coefficient (Wildman–Crippen LogP) is 1.41. The SMILES string of the molecule is CCC(COC)NC(=O)NC(Cc1ccccc1)C(=O)O. The minimum absolute atomic E-state index is 0.138. The summed E-state index contributed by atoms with van der Waals surface area (Å²) in [6, 6.07) is 7.58. The Morgan fingerprint density at radius 1 is 1.24 bits per heavy atom. The van der Waals surface area contributed by atoms with Crippen LogP contribution in [0.4, 0.5) is 4.79 Å². The maximum absolute atomic E-state index is 11.9. The largest absolute Gasteiger partial charge is 0.480 e. The van der Waals surface area contributed by atoms with Gasteiger partial charge in [0.05, 0.1) is 12.6 Å². The van der Waals surface area contributed by atoms with E-state index in [0.717, 1.165) is 5.56 Å². The van der Waals surface area contributed by atoms with Crippen molar-refractivity contribution in [3.8, 4) is 0 Å². The molecule has 21 heavy (non-hydrogen) atoms. The van der Waals surface area contributed by atoms with Crippen LogP contribution in [0.25, 0.3) is 0 Å². The minimum Gasteiger partial charge on any atom is -0.480 e. The maximum atomic E-state index is 11.9. The first-order valence-electron chi connectivity index (χ1n) is 6.89. The van der Waals surface area contributed by atoms with E-state index in [1.54, 1.807) is 7.11 Å². The normalized spacial score (nSPS) is 13.2. The van der Waals surface area contributed by atoms with Crippen molar-refractivity contribution < 1.29 is 19.4 Å². The van der Waals surface area contributed by atoms with Crippen molar-refractivity contribution in [2.45, 2.75) is 31.8 Å². The molecular formula is C15H22N2O4. The molecule has 0 spiro atoms. The molecule has 2 atom stereocenters. The number of hydrogen-bond donors (Lipinski definition) is 3. The molecule has 0 aliphatic rings. The van der Waals surface area contributed by atoms with Crippen LogP contribution in [-0.4, -0.2) is 42.9 Å². The smallest absolute Gasteiger partial charge is 0.326 e. The van der Waals surface area contributed by atoms with Gasteiger partial charge in [-0.25, -0.2) is 9.59 Å². The Hall–Kier alpha value is -2.08. The van der Waals surface area contributed by atoms with Crippen LogP contribution in [0, 0.1) is 0 Å². The number of aliphatic carboxylic acids is 1. The highest BCUT2D eigenvalue weighted by Gasteiger charge is 2.21. The third-order valence-corrected chi connectivity index (χ3v) is 3.08. The maximum Gasteiger partial charge on any atom is 0.326 e. The fraction of sp³-hybridized carbons (Fsp3) is 0.467. The molecule has 6 nitrogen and oxygen atoms in total. The van der Waals surface area contributed by atoms with Gasteiger partial charge < -0.3 is 20.5 Å². The Morgan fingerprint density at radius 3 is 2.43 bits per heavy atom. The van der Waals surface area contributed by atoms with E-state index in [0.29, 0.717) is 13.0 Å².